The van der Waals surface area contributed by atoms with E-state index in [0.29, 0.717) is 0 Å². The van der Waals surface area contributed by atoms with Crippen molar-refractivity contribution < 1.29 is 51.0 Å². The first-order chi connectivity index (χ1) is 9.08. The molecule has 0 nitrogen and oxygen atoms in total. The molecule has 0 saturated heterocycles. The van der Waals surface area contributed by atoms with E-state index in [1.165, 1.54) is 47.8 Å². The van der Waals surface area contributed by atoms with E-state index in [0.717, 1.165) is 11.8 Å². The molecule has 0 aromatic heterocycles. The van der Waals surface area contributed by atoms with Gasteiger partial charge in [0.25, 0.3) is 0 Å². The van der Waals surface area contributed by atoms with E-state index in [9.17, 15) is 0 Å². The van der Waals surface area contributed by atoms with E-state index in [-0.39, 0.29) is 51.0 Å². The van der Waals surface area contributed by atoms with Gasteiger partial charge in [0.05, 0.1) is 0 Å². The summed E-state index contributed by atoms with van der Waals surface area (Å²) >= 11 is 0. The number of halogens is 2. The Morgan fingerprint density at radius 3 is 2.14 bits per heavy atom. The van der Waals surface area contributed by atoms with Crippen LogP contribution in [0.2, 0.25) is 0 Å². The van der Waals surface area contributed by atoms with Crippen LogP contribution in [0.15, 0.2) is 18.2 Å². The molecule has 1 fully saturated rings. The van der Waals surface area contributed by atoms with Crippen LogP contribution in [-0.4, -0.2) is 0 Å². The molecule has 0 bridgehead atoms. The number of benzene rings is 1. The van der Waals surface area contributed by atoms with Crippen molar-refractivity contribution in [3.05, 3.63) is 40.5 Å². The fraction of sp³-hybridized carbons (Fsp3) is 0.526. The van der Waals surface area contributed by atoms with Gasteiger partial charge in [-0.05, 0) is 24.7 Å². The van der Waals surface area contributed by atoms with Crippen LogP contribution in [0.1, 0.15) is 60.8 Å². The zero-order valence-corrected chi connectivity index (χ0v) is 17.9. The number of rotatable bonds is 1. The Labute approximate surface area is 166 Å². The Morgan fingerprint density at radius 1 is 0.955 bits per heavy atom. The van der Waals surface area contributed by atoms with Gasteiger partial charge in [-0.25, -0.2) is 0 Å². The molecule has 2 aromatic carbocycles. The van der Waals surface area contributed by atoms with Crippen LogP contribution in [0.4, 0.5) is 0 Å². The minimum atomic E-state index is 0. The van der Waals surface area contributed by atoms with Gasteiger partial charge in [-0.2, -0.15) is 5.56 Å². The molecule has 1 radical (unpaired) electrons. The van der Waals surface area contributed by atoms with Gasteiger partial charge in [0, 0.05) is 0 Å². The van der Waals surface area contributed by atoms with E-state index in [1.54, 1.807) is 10.9 Å². The van der Waals surface area contributed by atoms with Gasteiger partial charge >= 0.3 is 26.2 Å². The molecular formula is C19H25Cl2Zr. The van der Waals surface area contributed by atoms with Gasteiger partial charge in [-0.1, -0.05) is 52.2 Å². The largest absolute Gasteiger partial charge is 3.00 e. The molecule has 0 aliphatic heterocycles. The van der Waals surface area contributed by atoms with Gasteiger partial charge < -0.3 is 24.8 Å². The Hall–Kier alpha value is 0.293. The molecule has 0 atom stereocenters. The third-order valence-corrected chi connectivity index (χ3v) is 5.28. The maximum Gasteiger partial charge on any atom is 3.00 e. The third-order valence-electron chi connectivity index (χ3n) is 5.28. The second-order valence-corrected chi connectivity index (χ2v) is 6.67. The summed E-state index contributed by atoms with van der Waals surface area (Å²) in [6.45, 7) is 9.19. The molecule has 1 aliphatic carbocycles. The number of aryl methyl sites for hydroxylation is 3. The molecule has 119 valence electrons. The Morgan fingerprint density at radius 2 is 1.55 bits per heavy atom. The second-order valence-electron chi connectivity index (χ2n) is 6.67. The summed E-state index contributed by atoms with van der Waals surface area (Å²) in [7, 11) is 0. The smallest absolute Gasteiger partial charge is 1.00 e. The Bertz CT molecular complexity index is 607. The fourth-order valence-corrected chi connectivity index (χ4v) is 3.78. The quantitative estimate of drug-likeness (QED) is 0.566. The average Bonchev–Trinajstić information content (AvgIpc) is 2.70. The molecule has 3 heteroatoms. The van der Waals surface area contributed by atoms with Crippen molar-refractivity contribution in [3.8, 4) is 0 Å². The zero-order chi connectivity index (χ0) is 13.6. The molecule has 1 aliphatic rings. The zero-order valence-electron chi connectivity index (χ0n) is 14.0. The topological polar surface area (TPSA) is 0 Å². The summed E-state index contributed by atoms with van der Waals surface area (Å²) < 4.78 is 0. The van der Waals surface area contributed by atoms with Crippen molar-refractivity contribution in [2.24, 2.45) is 5.92 Å². The summed E-state index contributed by atoms with van der Waals surface area (Å²) in [5.74, 6) is 1.72. The SMILES string of the molecule is Cc1[cH-]c2c(C)ccc(C3CCC(C)CC3)c2c1C.[Cl-].[Cl-].[Zr+3]. The van der Waals surface area contributed by atoms with Crippen LogP contribution >= 0.6 is 0 Å². The molecule has 1 saturated carbocycles. The fourth-order valence-electron chi connectivity index (χ4n) is 3.78. The van der Waals surface area contributed by atoms with Gasteiger partial charge in [0.1, 0.15) is 0 Å². The van der Waals surface area contributed by atoms with E-state index in [4.69, 9.17) is 0 Å². The first-order valence-corrected chi connectivity index (χ1v) is 7.74. The van der Waals surface area contributed by atoms with Crippen molar-refractivity contribution in [1.82, 2.24) is 0 Å². The standard InChI is InChI=1S/C19H25.2ClH.Zr/c1-12-5-8-16(9-6-12)17-10-7-13(2)18-11-14(3)15(4)19(17)18;;;/h7,10-12,16H,5-6,8-9H2,1-4H3;2*1H;/q-1;;;+3/p-2. The predicted octanol–water partition coefficient (Wildman–Crippen LogP) is -0.217. The summed E-state index contributed by atoms with van der Waals surface area (Å²) in [4.78, 5) is 0. The van der Waals surface area contributed by atoms with Crippen molar-refractivity contribution in [3.63, 3.8) is 0 Å². The molecule has 0 unspecified atom stereocenters. The average molecular weight is 416 g/mol. The van der Waals surface area contributed by atoms with E-state index in [1.807, 2.05) is 0 Å². The second kappa shape index (κ2) is 8.95. The van der Waals surface area contributed by atoms with Gasteiger partial charge in [0.2, 0.25) is 0 Å². The van der Waals surface area contributed by atoms with E-state index in [2.05, 4.69) is 45.9 Å². The first-order valence-electron chi connectivity index (χ1n) is 7.74. The molecule has 22 heavy (non-hydrogen) atoms. The van der Waals surface area contributed by atoms with Gasteiger partial charge in [-0.15, -0.1) is 34.0 Å². The summed E-state index contributed by atoms with van der Waals surface area (Å²) in [6.07, 6.45) is 5.56. The Balaban J connectivity index is 0.00000147. The van der Waals surface area contributed by atoms with E-state index >= 15 is 0 Å². The first kappa shape index (κ1) is 22.3. The van der Waals surface area contributed by atoms with Crippen molar-refractivity contribution in [2.75, 3.05) is 0 Å². The Kier molecular flexibility index (Phi) is 9.07. The number of hydrogen-bond acceptors (Lipinski definition) is 0. The summed E-state index contributed by atoms with van der Waals surface area (Å²) in [5, 5.41) is 3.06. The van der Waals surface area contributed by atoms with Crippen molar-refractivity contribution in [1.29, 1.82) is 0 Å². The van der Waals surface area contributed by atoms with Crippen LogP contribution in [-0.2, 0) is 26.2 Å². The minimum Gasteiger partial charge on any atom is -1.00 e. The minimum absolute atomic E-state index is 0. The van der Waals surface area contributed by atoms with Crippen LogP contribution in [0.5, 0.6) is 0 Å². The predicted molar refractivity (Wildman–Crippen MR) is 84.1 cm³/mol. The normalized spacial score (nSPS) is 20.7. The number of hydrogen-bond donors (Lipinski definition) is 0. The summed E-state index contributed by atoms with van der Waals surface area (Å²) in [5.41, 5.74) is 6.01. The molecular weight excluding hydrogens is 390 g/mol. The summed E-state index contributed by atoms with van der Waals surface area (Å²) in [6, 6.07) is 7.12. The van der Waals surface area contributed by atoms with Gasteiger partial charge in [0.15, 0.2) is 0 Å². The van der Waals surface area contributed by atoms with E-state index < -0.39 is 0 Å². The van der Waals surface area contributed by atoms with Crippen LogP contribution in [0.3, 0.4) is 0 Å². The molecule has 0 spiro atoms. The maximum atomic E-state index is 2.41. The molecule has 0 N–H and O–H groups in total. The third kappa shape index (κ3) is 4.03. The maximum absolute atomic E-state index is 2.41. The van der Waals surface area contributed by atoms with Crippen LogP contribution < -0.4 is 24.8 Å². The molecule has 0 amide bonds. The van der Waals surface area contributed by atoms with Gasteiger partial charge in [-0.3, -0.25) is 0 Å². The van der Waals surface area contributed by atoms with Crippen molar-refractivity contribution >= 4 is 10.8 Å². The van der Waals surface area contributed by atoms with Crippen molar-refractivity contribution in [2.45, 2.75) is 59.3 Å². The molecule has 0 heterocycles. The van der Waals surface area contributed by atoms with Crippen LogP contribution in [0.25, 0.3) is 10.8 Å². The van der Waals surface area contributed by atoms with Crippen LogP contribution in [0, 0.1) is 26.7 Å². The monoisotopic (exact) mass is 413 g/mol. The molecule has 2 aromatic rings. The molecule has 3 rings (SSSR count). The number of fused-ring (bicyclic) bond motifs is 1.